The molecule has 2 atom stereocenters. The highest BCUT2D eigenvalue weighted by molar-refractivity contribution is 5.86. The smallest absolute Gasteiger partial charge is 0.163 e. The SMILES string of the molecule is C[C@@H]1CN(c2ncnc3c2cnn3CCO)C[C@H](C)O1. The zero-order valence-electron chi connectivity index (χ0n) is 11.7. The Hall–Kier alpha value is -1.73. The van der Waals surface area contributed by atoms with Crippen LogP contribution in [0.1, 0.15) is 13.8 Å². The summed E-state index contributed by atoms with van der Waals surface area (Å²) in [4.78, 5) is 10.9. The molecule has 0 bridgehead atoms. The van der Waals surface area contributed by atoms with Crippen molar-refractivity contribution in [1.82, 2.24) is 19.7 Å². The third kappa shape index (κ3) is 2.34. The summed E-state index contributed by atoms with van der Waals surface area (Å²) in [6, 6.07) is 0. The summed E-state index contributed by atoms with van der Waals surface area (Å²) in [5.74, 6) is 0.890. The van der Waals surface area contributed by atoms with E-state index in [9.17, 15) is 0 Å². The largest absolute Gasteiger partial charge is 0.394 e. The van der Waals surface area contributed by atoms with E-state index in [2.05, 4.69) is 33.8 Å². The van der Waals surface area contributed by atoms with Crippen molar-refractivity contribution in [3.05, 3.63) is 12.5 Å². The summed E-state index contributed by atoms with van der Waals surface area (Å²) in [7, 11) is 0. The standard InChI is InChI=1S/C13H19N5O2/c1-9-6-17(7-10(2)20-9)12-11-5-16-18(3-4-19)13(11)15-8-14-12/h5,8-10,19H,3-4,6-7H2,1-2H3/t9-,10+. The Balaban J connectivity index is 1.99. The van der Waals surface area contributed by atoms with Crippen LogP contribution in [-0.2, 0) is 11.3 Å². The van der Waals surface area contributed by atoms with Gasteiger partial charge in [-0.15, -0.1) is 0 Å². The molecule has 3 rings (SSSR count). The molecule has 1 saturated heterocycles. The lowest BCUT2D eigenvalue weighted by atomic mass is 10.2. The molecule has 3 heterocycles. The molecule has 1 aliphatic rings. The Bertz CT molecular complexity index is 589. The highest BCUT2D eigenvalue weighted by atomic mass is 16.5. The van der Waals surface area contributed by atoms with Gasteiger partial charge in [-0.05, 0) is 13.8 Å². The first kappa shape index (κ1) is 13.3. The fraction of sp³-hybridized carbons (Fsp3) is 0.615. The van der Waals surface area contributed by atoms with Crippen LogP contribution < -0.4 is 4.90 Å². The van der Waals surface area contributed by atoms with E-state index in [0.29, 0.717) is 6.54 Å². The number of hydrogen-bond donors (Lipinski definition) is 1. The number of morpholine rings is 1. The number of anilines is 1. The minimum Gasteiger partial charge on any atom is -0.394 e. The molecule has 0 unspecified atom stereocenters. The molecule has 20 heavy (non-hydrogen) atoms. The number of rotatable bonds is 3. The first-order chi connectivity index (χ1) is 9.69. The second kappa shape index (κ2) is 5.34. The van der Waals surface area contributed by atoms with Crippen molar-refractivity contribution in [2.75, 3.05) is 24.6 Å². The zero-order valence-corrected chi connectivity index (χ0v) is 11.7. The van der Waals surface area contributed by atoms with Crippen LogP contribution in [0.3, 0.4) is 0 Å². The molecular formula is C13H19N5O2. The lowest BCUT2D eigenvalue weighted by Crippen LogP contribution is -2.45. The van der Waals surface area contributed by atoms with Crippen LogP contribution in [0, 0.1) is 0 Å². The number of fused-ring (bicyclic) bond motifs is 1. The van der Waals surface area contributed by atoms with E-state index in [1.54, 1.807) is 17.2 Å². The maximum absolute atomic E-state index is 9.05. The van der Waals surface area contributed by atoms with Crippen LogP contribution in [0.25, 0.3) is 11.0 Å². The average Bonchev–Trinajstić information content (AvgIpc) is 2.81. The summed E-state index contributed by atoms with van der Waals surface area (Å²) < 4.78 is 7.46. The molecule has 0 radical (unpaired) electrons. The van der Waals surface area contributed by atoms with Crippen molar-refractivity contribution in [2.24, 2.45) is 0 Å². The molecule has 1 fully saturated rings. The maximum atomic E-state index is 9.05. The lowest BCUT2D eigenvalue weighted by Gasteiger charge is -2.36. The van der Waals surface area contributed by atoms with Crippen LogP contribution in [0.5, 0.6) is 0 Å². The van der Waals surface area contributed by atoms with Crippen molar-refractivity contribution in [2.45, 2.75) is 32.6 Å². The molecular weight excluding hydrogens is 258 g/mol. The Morgan fingerprint density at radius 1 is 1.30 bits per heavy atom. The van der Waals surface area contributed by atoms with Gasteiger partial charge < -0.3 is 14.7 Å². The number of aliphatic hydroxyl groups is 1. The molecule has 0 amide bonds. The van der Waals surface area contributed by atoms with Crippen molar-refractivity contribution in [3.8, 4) is 0 Å². The van der Waals surface area contributed by atoms with E-state index in [1.807, 2.05) is 0 Å². The van der Waals surface area contributed by atoms with Crippen molar-refractivity contribution >= 4 is 16.9 Å². The third-order valence-electron chi connectivity index (χ3n) is 3.44. The summed E-state index contributed by atoms with van der Waals surface area (Å²) in [5, 5.41) is 14.2. The van der Waals surface area contributed by atoms with E-state index >= 15 is 0 Å². The Morgan fingerprint density at radius 2 is 2.05 bits per heavy atom. The number of ether oxygens (including phenoxy) is 1. The fourth-order valence-corrected chi connectivity index (χ4v) is 2.74. The van der Waals surface area contributed by atoms with E-state index in [1.165, 1.54) is 0 Å². The second-order valence-electron chi connectivity index (χ2n) is 5.19. The van der Waals surface area contributed by atoms with Gasteiger partial charge in [0.25, 0.3) is 0 Å². The molecule has 0 aliphatic carbocycles. The van der Waals surface area contributed by atoms with Gasteiger partial charge in [-0.25, -0.2) is 14.6 Å². The molecule has 7 heteroatoms. The molecule has 2 aromatic heterocycles. The summed E-state index contributed by atoms with van der Waals surface area (Å²) in [6.45, 7) is 6.23. The molecule has 1 N–H and O–H groups in total. The number of hydrogen-bond acceptors (Lipinski definition) is 6. The first-order valence-corrected chi connectivity index (χ1v) is 6.87. The van der Waals surface area contributed by atoms with Gasteiger partial charge in [0.15, 0.2) is 5.65 Å². The van der Waals surface area contributed by atoms with Gasteiger partial charge in [0.1, 0.15) is 12.1 Å². The van der Waals surface area contributed by atoms with Crippen LogP contribution in [0.2, 0.25) is 0 Å². The second-order valence-corrected chi connectivity index (χ2v) is 5.19. The van der Waals surface area contributed by atoms with E-state index in [0.717, 1.165) is 29.9 Å². The van der Waals surface area contributed by atoms with Crippen LogP contribution >= 0.6 is 0 Å². The minimum absolute atomic E-state index is 0.0434. The van der Waals surface area contributed by atoms with Crippen LogP contribution in [0.4, 0.5) is 5.82 Å². The summed E-state index contributed by atoms with van der Waals surface area (Å²) >= 11 is 0. The Kier molecular flexibility index (Phi) is 3.54. The summed E-state index contributed by atoms with van der Waals surface area (Å²) in [5.41, 5.74) is 0.760. The summed E-state index contributed by atoms with van der Waals surface area (Å²) in [6.07, 6.45) is 3.68. The maximum Gasteiger partial charge on any atom is 0.163 e. The number of aliphatic hydroxyl groups excluding tert-OH is 1. The van der Waals surface area contributed by atoms with Gasteiger partial charge in [-0.2, -0.15) is 5.10 Å². The molecule has 1 aliphatic heterocycles. The average molecular weight is 277 g/mol. The van der Waals surface area contributed by atoms with Crippen LogP contribution in [-0.4, -0.2) is 56.8 Å². The molecule has 2 aromatic rings. The highest BCUT2D eigenvalue weighted by Gasteiger charge is 2.25. The fourth-order valence-electron chi connectivity index (χ4n) is 2.74. The Morgan fingerprint density at radius 3 is 2.75 bits per heavy atom. The van der Waals surface area contributed by atoms with Gasteiger partial charge >= 0.3 is 0 Å². The first-order valence-electron chi connectivity index (χ1n) is 6.87. The molecule has 0 saturated carbocycles. The van der Waals surface area contributed by atoms with Gasteiger partial charge in [-0.1, -0.05) is 0 Å². The number of aromatic nitrogens is 4. The predicted molar refractivity (Wildman–Crippen MR) is 74.6 cm³/mol. The predicted octanol–water partition coefficient (Wildman–Crippen LogP) is 0.432. The minimum atomic E-state index is 0.0434. The zero-order chi connectivity index (χ0) is 14.1. The highest BCUT2D eigenvalue weighted by Crippen LogP contribution is 2.25. The molecule has 108 valence electrons. The monoisotopic (exact) mass is 277 g/mol. The number of nitrogens with zero attached hydrogens (tertiary/aromatic N) is 5. The van der Waals surface area contributed by atoms with Crippen LogP contribution in [0.15, 0.2) is 12.5 Å². The van der Waals surface area contributed by atoms with Gasteiger partial charge in [0, 0.05) is 13.1 Å². The lowest BCUT2D eigenvalue weighted by molar-refractivity contribution is -0.00537. The quantitative estimate of drug-likeness (QED) is 0.877. The molecule has 0 spiro atoms. The topological polar surface area (TPSA) is 76.3 Å². The normalized spacial score (nSPS) is 23.4. The van der Waals surface area contributed by atoms with Crippen molar-refractivity contribution in [1.29, 1.82) is 0 Å². The van der Waals surface area contributed by atoms with Crippen molar-refractivity contribution in [3.63, 3.8) is 0 Å². The molecule has 7 nitrogen and oxygen atoms in total. The Labute approximate surface area is 117 Å². The van der Waals surface area contributed by atoms with Crippen molar-refractivity contribution < 1.29 is 9.84 Å². The third-order valence-corrected chi connectivity index (χ3v) is 3.44. The van der Waals surface area contributed by atoms with Gasteiger partial charge in [0.05, 0.1) is 36.9 Å². The van der Waals surface area contributed by atoms with Gasteiger partial charge in [0.2, 0.25) is 0 Å². The van der Waals surface area contributed by atoms with E-state index < -0.39 is 0 Å². The van der Waals surface area contributed by atoms with E-state index in [4.69, 9.17) is 9.84 Å². The molecule has 0 aromatic carbocycles. The van der Waals surface area contributed by atoms with Gasteiger partial charge in [-0.3, -0.25) is 0 Å². The van der Waals surface area contributed by atoms with E-state index in [-0.39, 0.29) is 18.8 Å².